The number of carbonyl (C=O) groups excluding carboxylic acids is 7. The third-order valence-electron chi connectivity index (χ3n) is 25.4. The topological polar surface area (TPSA) is 285 Å². The Kier molecular flexibility index (Phi) is 22.1. The van der Waals surface area contributed by atoms with E-state index in [0.29, 0.717) is 113 Å². The molecule has 1 aliphatic heterocycles. The van der Waals surface area contributed by atoms with E-state index in [2.05, 4.69) is 32.9 Å². The first kappa shape index (κ1) is 76.6. The van der Waals surface area contributed by atoms with Crippen LogP contribution in [0.3, 0.4) is 0 Å². The molecule has 1 heterocycles. The van der Waals surface area contributed by atoms with Crippen LogP contribution in [0.4, 0.5) is 4.79 Å². The molecule has 17 atom stereocenters. The maximum atomic E-state index is 12.2. The molecular formula is C76H117N3O16S. The summed E-state index contributed by atoms with van der Waals surface area (Å²) in [4.78, 5) is 84.1. The fraction of sp³-hybridized carbons (Fsp3) is 0.776. The van der Waals surface area contributed by atoms with Crippen molar-refractivity contribution >= 4 is 52.1 Å². The molecule has 1 saturated heterocycles. The number of nitrogens with two attached hydrogens (primary N) is 2. The largest absolute Gasteiger partial charge is 0.459 e. The molecule has 20 heteroatoms. The highest BCUT2D eigenvalue weighted by molar-refractivity contribution is 7.84. The Morgan fingerprint density at radius 3 is 1.25 bits per heavy atom. The first-order chi connectivity index (χ1) is 43.1. The molecule has 0 aromatic rings. The van der Waals surface area contributed by atoms with Crippen molar-refractivity contribution in [1.82, 2.24) is 4.90 Å². The van der Waals surface area contributed by atoms with Crippen LogP contribution in [0, 0.1) is 88.8 Å². The summed E-state index contributed by atoms with van der Waals surface area (Å²) in [6.07, 6.45) is 26.2. The maximum absolute atomic E-state index is 12.2. The zero-order valence-corrected chi connectivity index (χ0v) is 55.8. The number of nitrogens with zero attached hydrogens (tertiary/aromatic N) is 1. The number of likely N-dealkylation sites (tertiary alicyclic amines) is 1. The van der Waals surface area contributed by atoms with E-state index in [1.165, 1.54) is 62.7 Å². The van der Waals surface area contributed by atoms with Crippen molar-refractivity contribution in [3.8, 4) is 0 Å². The van der Waals surface area contributed by atoms with Crippen LogP contribution in [-0.2, 0) is 66.9 Å². The van der Waals surface area contributed by atoms with E-state index in [9.17, 15) is 47.1 Å². The van der Waals surface area contributed by atoms with E-state index in [-0.39, 0.29) is 77.5 Å². The number of β-lactam (4-membered cyclic amide) rings is 1. The highest BCUT2D eigenvalue weighted by atomic mass is 32.2. The molecule has 0 radical (unpaired) electrons. The number of aliphatic hydroxyl groups is 1. The lowest BCUT2D eigenvalue weighted by Crippen LogP contribution is -2.67. The number of hydrogen-bond donors (Lipinski definition) is 3. The van der Waals surface area contributed by atoms with E-state index >= 15 is 0 Å². The van der Waals surface area contributed by atoms with Gasteiger partial charge in [-0.3, -0.25) is 18.7 Å². The summed E-state index contributed by atoms with van der Waals surface area (Å²) in [7, 11) is -4.02. The molecule has 3 amide bonds. The minimum Gasteiger partial charge on any atom is -0.459 e. The molecule has 0 aromatic heterocycles. The van der Waals surface area contributed by atoms with Crippen LogP contribution >= 0.6 is 0 Å². The summed E-state index contributed by atoms with van der Waals surface area (Å²) in [6.45, 7) is 26.6. The first-order valence-corrected chi connectivity index (χ1v) is 36.1. The van der Waals surface area contributed by atoms with Crippen LogP contribution in [-0.4, -0.2) is 106 Å². The SMILES string of the molecule is C.C.C.C.C=C(C)C(=O)N1C(=O)C2C3CC(C4CCCC43)C21.C=C(C)C(=O)OC12CC3CC(C1)CC(OS(N)(=O)=O)(C3)C2.C=C(C)C(=O)OC12CC3CC(CC(O)(C3)C1)C2.C=C(C)C(=O)OC12CC3CC(CC(OC(N)=O)(C3)C1)C2.C=C(C)C(=O)OC1CC2CC1C1CCCC21. The standard InChI is InChI=1S/C15H21NO4.C15H19NO2.C14H21NO5S.C14H20O3.C14H20O2.4CH4/c1-9(2)12(17)19-14-4-10-3-11(5-14)7-15(6-10,8-14)20-13(16)18;1-7(2)14(17)16-13-11-6-10(12(13)15(16)18)8-4-3-5-9(8)11;1-9(2)12(16)19-13-4-10-3-11(5-13)7-14(6-10,8-13)20-21(15,17)18;1-9(2)12(15)17-14-6-10-3-11(7-14)5-13(16,4-10)8-14;1-8(2)14(15)16-13-7-9-6-12(13)11-5-3-4-10(9)11;;;;/h10-11H,1,3-8H2,2H3,(H2,16,18);8-13H,1,3-6H2,2H3;10-11H,1,3-8H2,2H3,(H2,15,17,18);10-11,16H,1,3-8H2,2H3;9-13H,1,3-7H2,2H3;4*1H4. The average molecular weight is 1360 g/mol. The van der Waals surface area contributed by atoms with Gasteiger partial charge in [0.25, 0.3) is 5.91 Å². The Bertz CT molecular complexity index is 3200. The predicted molar refractivity (Wildman–Crippen MR) is 365 cm³/mol. The number of hydrogen-bond acceptors (Lipinski definition) is 16. The fourth-order valence-corrected chi connectivity index (χ4v) is 24.7. The molecule has 0 aromatic carbocycles. The molecule has 0 spiro atoms. The van der Waals surface area contributed by atoms with Gasteiger partial charge in [-0.05, 0) is 259 Å². The fourth-order valence-electron chi connectivity index (χ4n) is 24.0. The highest BCUT2D eigenvalue weighted by Gasteiger charge is 2.70. The van der Waals surface area contributed by atoms with Crippen molar-refractivity contribution in [1.29, 1.82) is 0 Å². The van der Waals surface area contributed by atoms with Crippen molar-refractivity contribution in [3.05, 3.63) is 60.8 Å². The zero-order valence-electron chi connectivity index (χ0n) is 55.0. The molecule has 538 valence electrons. The monoisotopic (exact) mass is 1360 g/mol. The van der Waals surface area contributed by atoms with Crippen LogP contribution in [0.15, 0.2) is 60.8 Å². The predicted octanol–water partition coefficient (Wildman–Crippen LogP) is 13.4. The Labute approximate surface area is 573 Å². The van der Waals surface area contributed by atoms with Gasteiger partial charge in [0.1, 0.15) is 28.5 Å². The molecule has 96 heavy (non-hydrogen) atoms. The van der Waals surface area contributed by atoms with Crippen molar-refractivity contribution in [2.45, 2.75) is 283 Å². The van der Waals surface area contributed by atoms with Crippen molar-refractivity contribution in [3.63, 3.8) is 0 Å². The minimum atomic E-state index is -4.02. The second-order valence-corrected chi connectivity index (χ2v) is 34.2. The molecular weight excluding hydrogens is 1240 g/mol. The Morgan fingerprint density at radius 2 is 0.844 bits per heavy atom. The number of ether oxygens (including phenoxy) is 5. The van der Waals surface area contributed by atoms with Crippen LogP contribution in [0.2, 0.25) is 0 Å². The molecule has 19 aliphatic rings. The van der Waals surface area contributed by atoms with Gasteiger partial charge >= 0.3 is 40.3 Å². The third-order valence-corrected chi connectivity index (χ3v) is 26.0. The first-order valence-electron chi connectivity index (χ1n) is 34.6. The maximum Gasteiger partial charge on any atom is 0.405 e. The lowest BCUT2D eigenvalue weighted by atomic mass is 9.52. The number of primary amides is 1. The molecule has 19 rings (SSSR count). The Morgan fingerprint density at radius 1 is 0.469 bits per heavy atom. The Balaban J connectivity index is 0.000000152. The normalized spacial score (nSPS) is 42.3. The lowest BCUT2D eigenvalue weighted by molar-refractivity contribution is -0.218. The average Bonchev–Trinajstić information content (AvgIpc) is 1.45. The van der Waals surface area contributed by atoms with Gasteiger partial charge in [0.05, 0.1) is 23.2 Å². The van der Waals surface area contributed by atoms with E-state index in [4.69, 9.17) is 38.7 Å². The van der Waals surface area contributed by atoms with Gasteiger partial charge in [-0.15, -0.1) is 0 Å². The molecule has 18 aliphatic carbocycles. The van der Waals surface area contributed by atoms with Crippen molar-refractivity contribution < 1.29 is 75.0 Å². The van der Waals surface area contributed by atoms with Crippen LogP contribution < -0.4 is 10.9 Å². The van der Waals surface area contributed by atoms with Gasteiger partial charge in [-0.2, -0.15) is 8.42 Å². The number of esters is 4. The third kappa shape index (κ3) is 14.8. The molecule has 19 fully saturated rings. The summed E-state index contributed by atoms with van der Waals surface area (Å²) >= 11 is 0. The van der Waals surface area contributed by atoms with Gasteiger partial charge in [0.2, 0.25) is 5.91 Å². The van der Waals surface area contributed by atoms with Gasteiger partial charge in [-0.25, -0.2) is 29.1 Å². The second kappa shape index (κ2) is 27.7. The summed E-state index contributed by atoms with van der Waals surface area (Å²) in [5.74, 6) is 7.65. The summed E-state index contributed by atoms with van der Waals surface area (Å²) < 4.78 is 56.2. The van der Waals surface area contributed by atoms with E-state index in [0.717, 1.165) is 113 Å². The second-order valence-electron chi connectivity index (χ2n) is 33.0. The smallest absolute Gasteiger partial charge is 0.405 e. The van der Waals surface area contributed by atoms with E-state index in [1.54, 1.807) is 34.6 Å². The van der Waals surface area contributed by atoms with Crippen molar-refractivity contribution in [2.75, 3.05) is 0 Å². The van der Waals surface area contributed by atoms with Gasteiger partial charge in [0.15, 0.2) is 0 Å². The van der Waals surface area contributed by atoms with E-state index < -0.39 is 56.0 Å². The Hall–Kier alpha value is -5.18. The number of fused-ring (bicyclic) bond motifs is 13. The number of rotatable bonds is 12. The van der Waals surface area contributed by atoms with Gasteiger partial charge in [-0.1, -0.05) is 75.4 Å². The molecule has 19 nitrogen and oxygen atoms in total. The number of amides is 3. The summed E-state index contributed by atoms with van der Waals surface area (Å²) in [6, 6.07) is 0.228. The summed E-state index contributed by atoms with van der Waals surface area (Å²) in [5.41, 5.74) is 4.07. The minimum absolute atomic E-state index is 0. The van der Waals surface area contributed by atoms with Crippen LogP contribution in [0.25, 0.3) is 0 Å². The van der Waals surface area contributed by atoms with Crippen molar-refractivity contribution in [2.24, 2.45) is 99.6 Å². The van der Waals surface area contributed by atoms with Crippen LogP contribution in [0.1, 0.15) is 238 Å². The van der Waals surface area contributed by atoms with E-state index in [1.807, 2.05) is 0 Å². The molecule has 16 bridgehead atoms. The zero-order chi connectivity index (χ0) is 66.2. The van der Waals surface area contributed by atoms with Gasteiger partial charge in [0, 0.05) is 47.1 Å². The highest BCUT2D eigenvalue weighted by Crippen LogP contribution is 2.67. The number of imide groups is 1. The number of carbonyl (C=O) groups is 7. The van der Waals surface area contributed by atoms with Gasteiger partial charge < -0.3 is 34.5 Å². The van der Waals surface area contributed by atoms with Crippen LogP contribution in [0.5, 0.6) is 0 Å². The lowest BCUT2D eigenvalue weighted by Gasteiger charge is -2.60. The molecule has 17 unspecified atom stereocenters. The molecule has 18 saturated carbocycles. The summed E-state index contributed by atoms with van der Waals surface area (Å²) in [5, 5.41) is 15.6. The quantitative estimate of drug-likeness (QED) is 0.0708. The molecule has 5 N–H and O–H groups in total.